The standard InChI is InChI=1S/C15H25N3O/c1-4-12(2)17-7-9-18(10-8-17)15-11-14(13(3)19)5-6-16-15/h5-6,11-13,19H,4,7-10H2,1-3H3. The van der Waals surface area contributed by atoms with Gasteiger partial charge in [-0.2, -0.15) is 0 Å². The number of nitrogens with zero attached hydrogens (tertiary/aromatic N) is 3. The van der Waals surface area contributed by atoms with Gasteiger partial charge in [0.15, 0.2) is 0 Å². The first-order chi connectivity index (χ1) is 9.11. The Morgan fingerprint density at radius 3 is 2.53 bits per heavy atom. The smallest absolute Gasteiger partial charge is 0.128 e. The van der Waals surface area contributed by atoms with Crippen LogP contribution in [0.5, 0.6) is 0 Å². The highest BCUT2D eigenvalue weighted by Crippen LogP contribution is 2.20. The fraction of sp³-hybridized carbons (Fsp3) is 0.667. The second-order valence-corrected chi connectivity index (χ2v) is 5.40. The summed E-state index contributed by atoms with van der Waals surface area (Å²) in [5, 5.41) is 9.64. The lowest BCUT2D eigenvalue weighted by Gasteiger charge is -2.38. The van der Waals surface area contributed by atoms with Crippen LogP contribution < -0.4 is 4.90 Å². The number of aliphatic hydroxyl groups is 1. The van der Waals surface area contributed by atoms with Crippen LogP contribution in [0.25, 0.3) is 0 Å². The number of aliphatic hydroxyl groups excluding tert-OH is 1. The van der Waals surface area contributed by atoms with E-state index in [2.05, 4.69) is 28.6 Å². The molecule has 19 heavy (non-hydrogen) atoms. The molecule has 0 saturated carbocycles. The predicted molar refractivity (Wildman–Crippen MR) is 78.4 cm³/mol. The largest absolute Gasteiger partial charge is 0.389 e. The molecule has 4 nitrogen and oxygen atoms in total. The van der Waals surface area contributed by atoms with Gasteiger partial charge in [0.05, 0.1) is 6.10 Å². The second-order valence-electron chi connectivity index (χ2n) is 5.40. The molecule has 2 atom stereocenters. The summed E-state index contributed by atoms with van der Waals surface area (Å²) < 4.78 is 0. The van der Waals surface area contributed by atoms with E-state index in [-0.39, 0.29) is 0 Å². The molecule has 2 unspecified atom stereocenters. The Hall–Kier alpha value is -1.13. The molecule has 0 aliphatic carbocycles. The van der Waals surface area contributed by atoms with E-state index in [1.165, 1.54) is 6.42 Å². The first-order valence-corrected chi connectivity index (χ1v) is 7.24. The highest BCUT2D eigenvalue weighted by molar-refractivity contribution is 5.42. The van der Waals surface area contributed by atoms with Gasteiger partial charge in [-0.1, -0.05) is 6.92 Å². The molecular formula is C15H25N3O. The van der Waals surface area contributed by atoms with Crippen molar-refractivity contribution in [2.24, 2.45) is 0 Å². The first kappa shape index (κ1) is 14.3. The Morgan fingerprint density at radius 1 is 1.26 bits per heavy atom. The Balaban J connectivity index is 1.99. The van der Waals surface area contributed by atoms with Crippen LogP contribution in [0.2, 0.25) is 0 Å². The van der Waals surface area contributed by atoms with E-state index >= 15 is 0 Å². The molecule has 1 aromatic heterocycles. The molecule has 106 valence electrons. The molecular weight excluding hydrogens is 238 g/mol. The average Bonchev–Trinajstić information content (AvgIpc) is 2.46. The highest BCUT2D eigenvalue weighted by Gasteiger charge is 2.21. The summed E-state index contributed by atoms with van der Waals surface area (Å²) >= 11 is 0. The molecule has 0 aromatic carbocycles. The van der Waals surface area contributed by atoms with Crippen LogP contribution >= 0.6 is 0 Å². The molecule has 1 fully saturated rings. The van der Waals surface area contributed by atoms with E-state index in [1.807, 2.05) is 12.1 Å². The van der Waals surface area contributed by atoms with Gasteiger partial charge in [-0.15, -0.1) is 0 Å². The third-order valence-corrected chi connectivity index (χ3v) is 4.10. The highest BCUT2D eigenvalue weighted by atomic mass is 16.3. The van der Waals surface area contributed by atoms with Crippen molar-refractivity contribution in [3.8, 4) is 0 Å². The molecule has 0 radical (unpaired) electrons. The van der Waals surface area contributed by atoms with Crippen molar-refractivity contribution < 1.29 is 5.11 Å². The van der Waals surface area contributed by atoms with Crippen LogP contribution in [0.15, 0.2) is 18.3 Å². The zero-order valence-corrected chi connectivity index (χ0v) is 12.2. The number of rotatable bonds is 4. The number of hydrogen-bond donors (Lipinski definition) is 1. The number of aromatic nitrogens is 1. The minimum atomic E-state index is -0.428. The molecule has 0 bridgehead atoms. The zero-order valence-electron chi connectivity index (χ0n) is 12.2. The predicted octanol–water partition coefficient (Wildman–Crippen LogP) is 2.06. The molecule has 0 spiro atoms. The minimum Gasteiger partial charge on any atom is -0.389 e. The summed E-state index contributed by atoms with van der Waals surface area (Å²) in [5.41, 5.74) is 0.939. The third-order valence-electron chi connectivity index (χ3n) is 4.10. The quantitative estimate of drug-likeness (QED) is 0.902. The normalized spacial score (nSPS) is 20.3. The van der Waals surface area contributed by atoms with Crippen LogP contribution in [-0.4, -0.2) is 47.2 Å². The third kappa shape index (κ3) is 3.45. The van der Waals surface area contributed by atoms with E-state index in [1.54, 1.807) is 13.1 Å². The van der Waals surface area contributed by atoms with Gasteiger partial charge in [0, 0.05) is 38.4 Å². The van der Waals surface area contributed by atoms with E-state index in [9.17, 15) is 5.11 Å². The van der Waals surface area contributed by atoms with Gasteiger partial charge >= 0.3 is 0 Å². The molecule has 2 rings (SSSR count). The lowest BCUT2D eigenvalue weighted by molar-refractivity contribution is 0.192. The lowest BCUT2D eigenvalue weighted by atomic mass is 10.1. The number of pyridine rings is 1. The van der Waals surface area contributed by atoms with Gasteiger partial charge in [-0.3, -0.25) is 4.90 Å². The van der Waals surface area contributed by atoms with Crippen LogP contribution in [-0.2, 0) is 0 Å². The van der Waals surface area contributed by atoms with E-state index in [0.29, 0.717) is 6.04 Å². The van der Waals surface area contributed by atoms with Gasteiger partial charge in [0.1, 0.15) is 5.82 Å². The molecule has 1 N–H and O–H groups in total. The van der Waals surface area contributed by atoms with E-state index in [0.717, 1.165) is 37.6 Å². The fourth-order valence-corrected chi connectivity index (χ4v) is 2.52. The Morgan fingerprint density at radius 2 is 1.95 bits per heavy atom. The summed E-state index contributed by atoms with van der Waals surface area (Å²) in [5.74, 6) is 0.988. The summed E-state index contributed by atoms with van der Waals surface area (Å²) in [6.45, 7) is 10.5. The number of piperazine rings is 1. The Kier molecular flexibility index (Phi) is 4.77. The molecule has 1 aliphatic heterocycles. The van der Waals surface area contributed by atoms with E-state index < -0.39 is 6.10 Å². The van der Waals surface area contributed by atoms with Crippen LogP contribution in [0, 0.1) is 0 Å². The maximum absolute atomic E-state index is 9.64. The Labute approximate surface area is 116 Å². The van der Waals surface area contributed by atoms with E-state index in [4.69, 9.17) is 0 Å². The van der Waals surface area contributed by atoms with Crippen molar-refractivity contribution >= 4 is 5.82 Å². The van der Waals surface area contributed by atoms with Crippen molar-refractivity contribution in [1.82, 2.24) is 9.88 Å². The maximum atomic E-state index is 9.64. The topological polar surface area (TPSA) is 39.6 Å². The molecule has 1 aliphatic rings. The SMILES string of the molecule is CCC(C)N1CCN(c2cc(C(C)O)ccn2)CC1. The van der Waals surface area contributed by atoms with Crippen LogP contribution in [0.1, 0.15) is 38.9 Å². The Bertz CT molecular complexity index is 400. The van der Waals surface area contributed by atoms with Gasteiger partial charge in [-0.05, 0) is 38.0 Å². The first-order valence-electron chi connectivity index (χ1n) is 7.24. The zero-order chi connectivity index (χ0) is 13.8. The second kappa shape index (κ2) is 6.35. The summed E-state index contributed by atoms with van der Waals surface area (Å²) in [7, 11) is 0. The number of hydrogen-bond acceptors (Lipinski definition) is 4. The van der Waals surface area contributed by atoms with Gasteiger partial charge < -0.3 is 10.0 Å². The van der Waals surface area contributed by atoms with Crippen molar-refractivity contribution in [3.05, 3.63) is 23.9 Å². The monoisotopic (exact) mass is 263 g/mol. The number of anilines is 1. The van der Waals surface area contributed by atoms with Gasteiger partial charge in [0.25, 0.3) is 0 Å². The van der Waals surface area contributed by atoms with Crippen LogP contribution in [0.3, 0.4) is 0 Å². The lowest BCUT2D eigenvalue weighted by Crippen LogP contribution is -2.49. The van der Waals surface area contributed by atoms with Crippen molar-refractivity contribution in [2.45, 2.75) is 39.3 Å². The summed E-state index contributed by atoms with van der Waals surface area (Å²) in [6, 6.07) is 4.55. The molecule has 1 saturated heterocycles. The summed E-state index contributed by atoms with van der Waals surface area (Å²) in [4.78, 5) is 9.28. The fourth-order valence-electron chi connectivity index (χ4n) is 2.52. The molecule has 4 heteroatoms. The molecule has 1 aromatic rings. The van der Waals surface area contributed by atoms with Crippen molar-refractivity contribution in [2.75, 3.05) is 31.1 Å². The summed E-state index contributed by atoms with van der Waals surface area (Å²) in [6.07, 6.45) is 2.57. The van der Waals surface area contributed by atoms with Gasteiger partial charge in [-0.25, -0.2) is 4.98 Å². The van der Waals surface area contributed by atoms with Crippen LogP contribution in [0.4, 0.5) is 5.82 Å². The van der Waals surface area contributed by atoms with Crippen molar-refractivity contribution in [1.29, 1.82) is 0 Å². The molecule has 2 heterocycles. The average molecular weight is 263 g/mol. The minimum absolute atomic E-state index is 0.428. The maximum Gasteiger partial charge on any atom is 0.128 e. The van der Waals surface area contributed by atoms with Gasteiger partial charge in [0.2, 0.25) is 0 Å². The molecule has 0 amide bonds. The van der Waals surface area contributed by atoms with Crippen molar-refractivity contribution in [3.63, 3.8) is 0 Å².